The molecule has 2 rings (SSSR count). The molecule has 0 aliphatic rings. The van der Waals surface area contributed by atoms with Crippen LogP contribution >= 0.6 is 0 Å². The Labute approximate surface area is 113 Å². The summed E-state index contributed by atoms with van der Waals surface area (Å²) in [6.07, 6.45) is 2.76. The summed E-state index contributed by atoms with van der Waals surface area (Å²) < 4.78 is 6.85. The Balaban J connectivity index is 1.74. The minimum Gasteiger partial charge on any atom is -0.383 e. The second-order valence-electron chi connectivity index (χ2n) is 4.33. The first-order valence-electron chi connectivity index (χ1n) is 6.50. The Morgan fingerprint density at radius 3 is 2.89 bits per heavy atom. The lowest BCUT2D eigenvalue weighted by atomic mass is 10.2. The summed E-state index contributed by atoms with van der Waals surface area (Å²) in [5, 5.41) is 7.65. The fourth-order valence-electron chi connectivity index (χ4n) is 1.78. The Hall–Kier alpha value is -1.72. The van der Waals surface area contributed by atoms with Gasteiger partial charge < -0.3 is 10.1 Å². The summed E-state index contributed by atoms with van der Waals surface area (Å²) >= 11 is 0. The Bertz CT molecular complexity index is 469. The van der Waals surface area contributed by atoms with Crippen molar-refractivity contribution in [3.8, 4) is 0 Å². The topological polar surface area (TPSA) is 52.0 Å². The van der Waals surface area contributed by atoms with Crippen LogP contribution in [0.25, 0.3) is 0 Å². The molecule has 0 spiro atoms. The van der Waals surface area contributed by atoms with Gasteiger partial charge in [0.2, 0.25) is 0 Å². The first-order chi connectivity index (χ1) is 9.38. The highest BCUT2D eigenvalue weighted by Gasteiger charge is 2.00. The number of rotatable bonds is 8. The number of aryl methyl sites for hydroxylation is 2. The molecular weight excluding hydrogens is 240 g/mol. The first-order valence-corrected chi connectivity index (χ1v) is 6.50. The third-order valence-electron chi connectivity index (χ3n) is 2.82. The smallest absolute Gasteiger partial charge is 0.164 e. The van der Waals surface area contributed by atoms with E-state index in [1.165, 1.54) is 5.56 Å². The van der Waals surface area contributed by atoms with Crippen LogP contribution in [0.4, 0.5) is 0 Å². The largest absolute Gasteiger partial charge is 0.383 e. The predicted molar refractivity (Wildman–Crippen MR) is 73.8 cm³/mol. The highest BCUT2D eigenvalue weighted by atomic mass is 16.5. The fraction of sp³-hybridized carbons (Fsp3) is 0.429. The zero-order chi connectivity index (χ0) is 13.3. The summed E-state index contributed by atoms with van der Waals surface area (Å²) in [5.74, 6) is 0.823. The molecule has 0 fully saturated rings. The van der Waals surface area contributed by atoms with Gasteiger partial charge >= 0.3 is 0 Å². The van der Waals surface area contributed by atoms with Gasteiger partial charge in [0, 0.05) is 20.2 Å². The number of methoxy groups -OCH3 is 1. The van der Waals surface area contributed by atoms with E-state index >= 15 is 0 Å². The minimum absolute atomic E-state index is 0.682. The van der Waals surface area contributed by atoms with Crippen molar-refractivity contribution in [2.75, 3.05) is 20.3 Å². The lowest BCUT2D eigenvalue weighted by Crippen LogP contribution is -2.19. The summed E-state index contributed by atoms with van der Waals surface area (Å²) in [5.41, 5.74) is 1.32. The van der Waals surface area contributed by atoms with Crippen LogP contribution in [0.2, 0.25) is 0 Å². The van der Waals surface area contributed by atoms with Crippen LogP contribution in [0.3, 0.4) is 0 Å². The zero-order valence-corrected chi connectivity index (χ0v) is 11.2. The zero-order valence-electron chi connectivity index (χ0n) is 11.2. The normalized spacial score (nSPS) is 10.8. The molecule has 1 aromatic carbocycles. The molecule has 19 heavy (non-hydrogen) atoms. The fourth-order valence-corrected chi connectivity index (χ4v) is 1.78. The third-order valence-corrected chi connectivity index (χ3v) is 2.82. The maximum Gasteiger partial charge on any atom is 0.164 e. The van der Waals surface area contributed by atoms with Crippen molar-refractivity contribution in [3.05, 3.63) is 48.0 Å². The average Bonchev–Trinajstić information content (AvgIpc) is 2.91. The highest BCUT2D eigenvalue weighted by molar-refractivity contribution is 5.14. The van der Waals surface area contributed by atoms with Crippen molar-refractivity contribution < 1.29 is 4.74 Å². The SMILES string of the molecule is COCCNCc1ncn(CCc2ccccc2)n1. The van der Waals surface area contributed by atoms with Crippen molar-refractivity contribution >= 4 is 0 Å². The molecule has 0 aliphatic heterocycles. The van der Waals surface area contributed by atoms with Crippen LogP contribution < -0.4 is 5.32 Å². The number of nitrogens with zero attached hydrogens (tertiary/aromatic N) is 3. The number of aromatic nitrogens is 3. The summed E-state index contributed by atoms with van der Waals surface area (Å²) in [6, 6.07) is 10.4. The number of benzene rings is 1. The second-order valence-corrected chi connectivity index (χ2v) is 4.33. The molecule has 0 radical (unpaired) electrons. The number of ether oxygens (including phenoxy) is 1. The monoisotopic (exact) mass is 260 g/mol. The molecule has 1 aromatic heterocycles. The van der Waals surface area contributed by atoms with Crippen molar-refractivity contribution in [1.29, 1.82) is 0 Å². The van der Waals surface area contributed by atoms with Gasteiger partial charge in [-0.3, -0.25) is 4.68 Å². The molecule has 0 saturated heterocycles. The van der Waals surface area contributed by atoms with Crippen LogP contribution in [0, 0.1) is 0 Å². The van der Waals surface area contributed by atoms with Crippen molar-refractivity contribution in [2.45, 2.75) is 19.5 Å². The van der Waals surface area contributed by atoms with Gasteiger partial charge in [-0.1, -0.05) is 30.3 Å². The lowest BCUT2D eigenvalue weighted by molar-refractivity contribution is 0.199. The Kier molecular flexibility index (Phi) is 5.52. The van der Waals surface area contributed by atoms with Gasteiger partial charge in [0.25, 0.3) is 0 Å². The molecular formula is C14H20N4O. The van der Waals surface area contributed by atoms with E-state index < -0.39 is 0 Å². The molecule has 0 atom stereocenters. The van der Waals surface area contributed by atoms with Gasteiger partial charge in [0.1, 0.15) is 6.33 Å². The second kappa shape index (κ2) is 7.66. The molecule has 0 aliphatic carbocycles. The molecule has 5 heteroatoms. The average molecular weight is 260 g/mol. The Morgan fingerprint density at radius 2 is 2.11 bits per heavy atom. The summed E-state index contributed by atoms with van der Waals surface area (Å²) in [4.78, 5) is 4.27. The maximum atomic E-state index is 4.96. The summed E-state index contributed by atoms with van der Waals surface area (Å²) in [6.45, 7) is 3.06. The molecule has 0 saturated carbocycles. The van der Waals surface area contributed by atoms with Crippen LogP contribution in [0.5, 0.6) is 0 Å². The third kappa shape index (κ3) is 4.81. The molecule has 1 N–H and O–H groups in total. The molecule has 0 unspecified atom stereocenters. The van der Waals surface area contributed by atoms with Gasteiger partial charge in [-0.2, -0.15) is 5.10 Å². The van der Waals surface area contributed by atoms with E-state index in [4.69, 9.17) is 4.74 Å². The Morgan fingerprint density at radius 1 is 1.26 bits per heavy atom. The number of hydrogen-bond acceptors (Lipinski definition) is 4. The van der Waals surface area contributed by atoms with E-state index in [1.54, 1.807) is 13.4 Å². The van der Waals surface area contributed by atoms with Crippen LogP contribution in [0.15, 0.2) is 36.7 Å². The number of hydrogen-bond donors (Lipinski definition) is 1. The molecule has 0 amide bonds. The van der Waals surface area contributed by atoms with Gasteiger partial charge in [0.15, 0.2) is 5.82 Å². The van der Waals surface area contributed by atoms with E-state index in [2.05, 4.69) is 39.7 Å². The lowest BCUT2D eigenvalue weighted by Gasteiger charge is -2.01. The van der Waals surface area contributed by atoms with E-state index in [9.17, 15) is 0 Å². The molecule has 102 valence electrons. The van der Waals surface area contributed by atoms with Crippen molar-refractivity contribution in [1.82, 2.24) is 20.1 Å². The van der Waals surface area contributed by atoms with Gasteiger partial charge in [-0.05, 0) is 12.0 Å². The molecule has 5 nitrogen and oxygen atoms in total. The van der Waals surface area contributed by atoms with E-state index in [1.807, 2.05) is 10.7 Å². The van der Waals surface area contributed by atoms with E-state index in [0.29, 0.717) is 13.2 Å². The van der Waals surface area contributed by atoms with E-state index in [-0.39, 0.29) is 0 Å². The summed E-state index contributed by atoms with van der Waals surface area (Å²) in [7, 11) is 1.69. The van der Waals surface area contributed by atoms with Crippen LogP contribution in [-0.2, 0) is 24.2 Å². The predicted octanol–water partition coefficient (Wildman–Crippen LogP) is 1.26. The number of nitrogens with one attached hydrogen (secondary N) is 1. The molecule has 1 heterocycles. The van der Waals surface area contributed by atoms with E-state index in [0.717, 1.165) is 25.3 Å². The van der Waals surface area contributed by atoms with Gasteiger partial charge in [0.05, 0.1) is 13.2 Å². The molecule has 2 aromatic rings. The van der Waals surface area contributed by atoms with Gasteiger partial charge in [-0.15, -0.1) is 0 Å². The van der Waals surface area contributed by atoms with Crippen LogP contribution in [0.1, 0.15) is 11.4 Å². The van der Waals surface area contributed by atoms with Gasteiger partial charge in [-0.25, -0.2) is 4.98 Å². The quantitative estimate of drug-likeness (QED) is 0.726. The minimum atomic E-state index is 0.682. The first kappa shape index (κ1) is 13.7. The van der Waals surface area contributed by atoms with Crippen molar-refractivity contribution in [3.63, 3.8) is 0 Å². The molecule has 0 bridgehead atoms. The maximum absolute atomic E-state index is 4.96. The van der Waals surface area contributed by atoms with Crippen molar-refractivity contribution in [2.24, 2.45) is 0 Å². The highest BCUT2D eigenvalue weighted by Crippen LogP contribution is 2.01. The van der Waals surface area contributed by atoms with Crippen LogP contribution in [-0.4, -0.2) is 35.0 Å². The standard InChI is InChI=1S/C14H20N4O/c1-19-10-8-15-11-14-16-12-18(17-14)9-7-13-5-3-2-4-6-13/h2-6,12,15H,7-11H2,1H3.